The first-order valence-electron chi connectivity index (χ1n) is 10.6. The van der Waals surface area contributed by atoms with Crippen molar-refractivity contribution >= 4 is 5.96 Å². The molecule has 1 aromatic carbocycles. The minimum atomic E-state index is 0.386. The van der Waals surface area contributed by atoms with Gasteiger partial charge in [-0.3, -0.25) is 0 Å². The van der Waals surface area contributed by atoms with Crippen LogP contribution in [0.3, 0.4) is 0 Å². The minimum absolute atomic E-state index is 0.386. The molecule has 0 aliphatic rings. The molecule has 28 heavy (non-hydrogen) atoms. The van der Waals surface area contributed by atoms with Crippen molar-refractivity contribution in [3.8, 4) is 5.75 Å². The zero-order valence-electron chi connectivity index (χ0n) is 18.5. The first-order valence-corrected chi connectivity index (χ1v) is 10.6. The maximum Gasteiger partial charge on any atom is 0.191 e. The number of hydrogen-bond acceptors (Lipinski definition) is 4. The van der Waals surface area contributed by atoms with Crippen LogP contribution < -0.4 is 15.4 Å². The van der Waals surface area contributed by atoms with Crippen LogP contribution in [0, 0.1) is 0 Å². The van der Waals surface area contributed by atoms with Gasteiger partial charge in [0.25, 0.3) is 0 Å². The smallest absolute Gasteiger partial charge is 0.191 e. The van der Waals surface area contributed by atoms with Gasteiger partial charge < -0.3 is 25.0 Å². The topological polar surface area (TPSA) is 58.1 Å². The molecule has 1 atom stereocenters. The molecule has 0 saturated carbocycles. The number of benzene rings is 1. The van der Waals surface area contributed by atoms with E-state index in [0.717, 1.165) is 49.9 Å². The Labute approximate surface area is 171 Å². The summed E-state index contributed by atoms with van der Waals surface area (Å²) < 4.78 is 10.7. The van der Waals surface area contributed by atoms with Crippen LogP contribution in [0.5, 0.6) is 5.75 Å². The summed E-state index contributed by atoms with van der Waals surface area (Å²) in [7, 11) is 1.67. The summed E-state index contributed by atoms with van der Waals surface area (Å²) in [4.78, 5) is 7.21. The molecule has 1 aromatic rings. The lowest BCUT2D eigenvalue weighted by atomic mass is 10.2. The molecular weight excluding hydrogens is 352 g/mol. The summed E-state index contributed by atoms with van der Waals surface area (Å²) >= 11 is 0. The van der Waals surface area contributed by atoms with Crippen LogP contribution in [-0.4, -0.2) is 63.4 Å². The van der Waals surface area contributed by atoms with E-state index in [1.165, 1.54) is 6.42 Å². The van der Waals surface area contributed by atoms with Gasteiger partial charge in [-0.25, -0.2) is 4.99 Å². The van der Waals surface area contributed by atoms with E-state index in [1.54, 1.807) is 7.11 Å². The monoisotopic (exact) mass is 392 g/mol. The fourth-order valence-corrected chi connectivity index (χ4v) is 2.93. The van der Waals surface area contributed by atoms with Gasteiger partial charge in [0.2, 0.25) is 0 Å². The zero-order chi connectivity index (χ0) is 20.6. The van der Waals surface area contributed by atoms with E-state index in [0.29, 0.717) is 25.8 Å². The van der Waals surface area contributed by atoms with E-state index in [1.807, 2.05) is 18.2 Å². The molecule has 2 N–H and O–H groups in total. The molecule has 0 radical (unpaired) electrons. The largest absolute Gasteiger partial charge is 0.491 e. The Bertz CT molecular complexity index is 547. The van der Waals surface area contributed by atoms with Crippen molar-refractivity contribution in [3.05, 3.63) is 29.8 Å². The summed E-state index contributed by atoms with van der Waals surface area (Å²) in [5.41, 5.74) is 1.13. The van der Waals surface area contributed by atoms with Crippen LogP contribution in [-0.2, 0) is 11.3 Å². The number of ether oxygens (including phenoxy) is 2. The number of nitrogens with one attached hydrogen (secondary N) is 2. The van der Waals surface area contributed by atoms with Crippen molar-refractivity contribution in [3.63, 3.8) is 0 Å². The fraction of sp³-hybridized carbons (Fsp3) is 0.682. The van der Waals surface area contributed by atoms with Crippen LogP contribution in [0.25, 0.3) is 0 Å². The second-order valence-corrected chi connectivity index (χ2v) is 6.90. The Balaban J connectivity index is 2.53. The minimum Gasteiger partial charge on any atom is -0.491 e. The SMILES string of the molecule is CCNC(=NCc1cccc(OCCOC)c1)NC(C)CCCN(CC)CC. The van der Waals surface area contributed by atoms with Crippen LogP contribution in [0.15, 0.2) is 29.3 Å². The Morgan fingerprint density at radius 1 is 1.18 bits per heavy atom. The highest BCUT2D eigenvalue weighted by Crippen LogP contribution is 2.14. The lowest BCUT2D eigenvalue weighted by Gasteiger charge is -2.21. The van der Waals surface area contributed by atoms with E-state index in [9.17, 15) is 0 Å². The molecule has 1 rings (SSSR count). The van der Waals surface area contributed by atoms with Gasteiger partial charge in [-0.2, -0.15) is 0 Å². The fourth-order valence-electron chi connectivity index (χ4n) is 2.93. The van der Waals surface area contributed by atoms with E-state index in [4.69, 9.17) is 14.5 Å². The van der Waals surface area contributed by atoms with Crippen LogP contribution in [0.1, 0.15) is 46.1 Å². The predicted octanol–water partition coefficient (Wildman–Crippen LogP) is 3.28. The van der Waals surface area contributed by atoms with Crippen LogP contribution >= 0.6 is 0 Å². The molecule has 0 spiro atoms. The lowest BCUT2D eigenvalue weighted by Crippen LogP contribution is -2.42. The van der Waals surface area contributed by atoms with Crippen molar-refractivity contribution in [2.24, 2.45) is 4.99 Å². The maximum absolute atomic E-state index is 5.68. The highest BCUT2D eigenvalue weighted by atomic mass is 16.5. The third kappa shape index (κ3) is 10.5. The van der Waals surface area contributed by atoms with Crippen molar-refractivity contribution in [1.29, 1.82) is 0 Å². The van der Waals surface area contributed by atoms with Crippen LogP contribution in [0.2, 0.25) is 0 Å². The van der Waals surface area contributed by atoms with Gasteiger partial charge in [0.1, 0.15) is 12.4 Å². The average Bonchev–Trinajstić information content (AvgIpc) is 2.70. The number of hydrogen-bond donors (Lipinski definition) is 2. The third-order valence-electron chi connectivity index (χ3n) is 4.61. The van der Waals surface area contributed by atoms with Crippen molar-refractivity contribution in [1.82, 2.24) is 15.5 Å². The van der Waals surface area contributed by atoms with E-state index < -0.39 is 0 Å². The second kappa shape index (κ2) is 15.2. The maximum atomic E-state index is 5.68. The van der Waals surface area contributed by atoms with Crippen molar-refractivity contribution < 1.29 is 9.47 Å². The Kier molecular flexibility index (Phi) is 13.1. The van der Waals surface area contributed by atoms with Gasteiger partial charge in [0.15, 0.2) is 5.96 Å². The highest BCUT2D eigenvalue weighted by molar-refractivity contribution is 5.80. The van der Waals surface area contributed by atoms with Crippen molar-refractivity contribution in [2.45, 2.75) is 53.1 Å². The molecule has 0 amide bonds. The summed E-state index contributed by atoms with van der Waals surface area (Å²) in [6, 6.07) is 8.46. The number of rotatable bonds is 14. The third-order valence-corrected chi connectivity index (χ3v) is 4.61. The molecule has 6 nitrogen and oxygen atoms in total. The zero-order valence-corrected chi connectivity index (χ0v) is 18.5. The highest BCUT2D eigenvalue weighted by Gasteiger charge is 2.07. The van der Waals surface area contributed by atoms with Gasteiger partial charge in [0, 0.05) is 19.7 Å². The molecule has 160 valence electrons. The molecule has 0 aliphatic carbocycles. The summed E-state index contributed by atoms with van der Waals surface area (Å²) in [6.07, 6.45) is 2.32. The Morgan fingerprint density at radius 2 is 1.96 bits per heavy atom. The molecule has 0 bridgehead atoms. The summed E-state index contributed by atoms with van der Waals surface area (Å²) in [5.74, 6) is 1.72. The average molecular weight is 393 g/mol. The molecule has 6 heteroatoms. The van der Waals surface area contributed by atoms with Gasteiger partial charge in [0.05, 0.1) is 13.2 Å². The number of methoxy groups -OCH3 is 1. The molecular formula is C22H40N4O2. The first-order chi connectivity index (χ1) is 13.6. The molecule has 0 aromatic heterocycles. The van der Waals surface area contributed by atoms with E-state index in [-0.39, 0.29) is 0 Å². The normalized spacial score (nSPS) is 12.9. The molecule has 0 heterocycles. The predicted molar refractivity (Wildman–Crippen MR) is 118 cm³/mol. The summed E-state index contributed by atoms with van der Waals surface area (Å²) in [6.45, 7) is 14.8. The number of aliphatic imine (C=N–C) groups is 1. The number of nitrogens with zero attached hydrogens (tertiary/aromatic N) is 2. The first kappa shape index (κ1) is 24.2. The van der Waals surface area contributed by atoms with E-state index >= 15 is 0 Å². The standard InChI is InChI=1S/C22H40N4O2/c1-6-23-22(25-19(4)11-10-14-26(7-2)8-3)24-18-20-12-9-13-21(17-20)28-16-15-27-5/h9,12-13,17,19H,6-8,10-11,14-16,18H2,1-5H3,(H2,23,24,25). The van der Waals surface area contributed by atoms with Crippen molar-refractivity contribution in [2.75, 3.05) is 46.5 Å². The Hall–Kier alpha value is -1.79. The van der Waals surface area contributed by atoms with Crippen LogP contribution in [0.4, 0.5) is 0 Å². The molecule has 0 saturated heterocycles. The van der Waals surface area contributed by atoms with Gasteiger partial charge >= 0.3 is 0 Å². The second-order valence-electron chi connectivity index (χ2n) is 6.90. The molecule has 0 fully saturated rings. The molecule has 0 aliphatic heterocycles. The summed E-state index contributed by atoms with van der Waals surface area (Å²) in [5, 5.41) is 6.87. The molecule has 1 unspecified atom stereocenters. The van der Waals surface area contributed by atoms with E-state index in [2.05, 4.69) is 49.3 Å². The van der Waals surface area contributed by atoms with Gasteiger partial charge in [-0.15, -0.1) is 0 Å². The Morgan fingerprint density at radius 3 is 2.64 bits per heavy atom. The number of guanidine groups is 1. The van der Waals surface area contributed by atoms with Gasteiger partial charge in [-0.05, 0) is 64.0 Å². The lowest BCUT2D eigenvalue weighted by molar-refractivity contribution is 0.146. The van der Waals surface area contributed by atoms with Gasteiger partial charge in [-0.1, -0.05) is 26.0 Å². The quantitative estimate of drug-likeness (QED) is 0.289.